The molecular weight excluding hydrogens is 2080 g/mol. The fourth-order valence-corrected chi connectivity index (χ4v) is 20.1. The molecule has 4 aromatic carbocycles. The van der Waals surface area contributed by atoms with E-state index in [0.717, 1.165) is 119 Å². The van der Waals surface area contributed by atoms with Gasteiger partial charge in [-0.05, 0) is 306 Å². The van der Waals surface area contributed by atoms with Crippen molar-refractivity contribution in [2.24, 2.45) is 0 Å². The van der Waals surface area contributed by atoms with Crippen molar-refractivity contribution in [3.05, 3.63) is 273 Å². The van der Waals surface area contributed by atoms with Crippen molar-refractivity contribution < 1.29 is 101 Å². The molecule has 149 heavy (non-hydrogen) atoms. The van der Waals surface area contributed by atoms with E-state index >= 15 is 0 Å². The maximum Gasteiger partial charge on any atom is 0.354 e. The topological polar surface area (TPSA) is 425 Å². The van der Waals surface area contributed by atoms with Gasteiger partial charge < -0.3 is 63.1 Å². The number of aromatic carboxylic acids is 1. The Balaban J connectivity index is 0.000000185. The van der Waals surface area contributed by atoms with Gasteiger partial charge in [-0.2, -0.15) is 10.5 Å². The number of ketones is 1. The van der Waals surface area contributed by atoms with Crippen molar-refractivity contribution >= 4 is 140 Å². The number of ether oxygens (including phenoxy) is 9. The molecule has 5 fully saturated rings. The first-order valence-corrected chi connectivity index (χ1v) is 51.2. The van der Waals surface area contributed by atoms with E-state index in [1.807, 2.05) is 109 Å². The van der Waals surface area contributed by atoms with Crippen LogP contribution >= 0.6 is 92.8 Å². The molecule has 0 radical (unpaired) electrons. The summed E-state index contributed by atoms with van der Waals surface area (Å²) in [5, 5.41) is 61.3. The lowest BCUT2D eigenvalue weighted by molar-refractivity contribution is -0.178. The van der Waals surface area contributed by atoms with Gasteiger partial charge in [0.15, 0.2) is 48.1 Å². The van der Waals surface area contributed by atoms with Crippen molar-refractivity contribution in [1.82, 2.24) is 29.9 Å². The highest BCUT2D eigenvalue weighted by Crippen LogP contribution is 2.51. The molecule has 4 N–H and O–H groups in total. The molecule has 6 aromatic heterocycles. The number of pyridine rings is 6. The maximum absolute atomic E-state index is 13.3. The number of aliphatic hydroxyl groups is 1. The molecule has 15 rings (SSSR count). The van der Waals surface area contributed by atoms with Crippen LogP contribution < -0.4 is 0 Å². The van der Waals surface area contributed by atoms with Gasteiger partial charge in [0.05, 0.1) is 71.5 Å². The van der Waals surface area contributed by atoms with Crippen LogP contribution in [0.5, 0.6) is 0 Å². The highest BCUT2D eigenvalue weighted by atomic mass is 35.5. The van der Waals surface area contributed by atoms with Gasteiger partial charge in [0.2, 0.25) is 0 Å². The standard InChI is InChI=1S/C28H28ClNO4.C22H23ClN2O3.C21H22ClNO5.C16H19ClN2O3.C15H19Cl2NO3.C10H11Cl2NO3/c1-17-23(20-10-12-21(29)13-11-20)24(26(27(32)33)34-28(3)14-7-15-28)18(2)30-25(17)22(31)16-19-8-5-4-6-9-19;1-13-17(12-24)25-14(2)19(18(13)15-6-8-16(23)9-7-15)20(21(26)27-4)28-22(3)10-5-11-22;1-11-15(13-5-7-14(22)8-6-13)16(12(2)23-17(11)19(24)25)18(20(26)27)28-21(3)9-4-10-21;1-9-11(8-18)19-10(2)12(13(9)17)14(15(20)21-4)22-16(3)6-5-7-16;1-8-11(16)10(9(2)18-13(8)17)12(14(19)20-4)21-15(3)6-5-7-15;1-4-7(11)6(5(2)13-9(4)12)8(14)10(15)16-3/h4-6,8-13,26H,7,14-16H2,1-3H3,(H,32,33);6-9,20H,5,10-11H2,1-4H3;5-8,18H,4,9-10H2,1-3H3,(H,24,25)(H,26,27);14H,5-7H2,1-4H3;12H,5-7H2,1-4H3;8,14H,1-3H3/t26-;20-;18-;14-;12-;8-/m000000/s1. The molecule has 29 nitrogen and oxygen atoms in total. The predicted molar refractivity (Wildman–Crippen MR) is 568 cm³/mol. The number of aliphatic carboxylic acids is 2. The minimum atomic E-state index is -1.44. The third kappa shape index (κ3) is 28.4. The highest BCUT2D eigenvalue weighted by Gasteiger charge is 2.47. The Kier molecular flexibility index (Phi) is 41.2. The number of carbonyl (C=O) groups is 8. The average Bonchev–Trinajstić information content (AvgIpc) is 0.750. The van der Waals surface area contributed by atoms with Crippen LogP contribution in [-0.4, -0.2) is 154 Å². The second kappa shape index (κ2) is 51.3. The second-order valence-corrected chi connectivity index (χ2v) is 41.9. The van der Waals surface area contributed by atoms with Crippen molar-refractivity contribution in [1.29, 1.82) is 10.5 Å². The molecule has 37 heteroatoms. The van der Waals surface area contributed by atoms with Crippen molar-refractivity contribution in [2.75, 3.05) is 28.4 Å². The number of benzene rings is 4. The Morgan fingerprint density at radius 1 is 0.336 bits per heavy atom. The lowest BCUT2D eigenvalue weighted by atomic mass is 9.81. The number of hydrogen-bond acceptors (Lipinski definition) is 26. The lowest BCUT2D eigenvalue weighted by Gasteiger charge is -2.41. The molecule has 5 saturated carbocycles. The zero-order valence-electron chi connectivity index (χ0n) is 86.9. The maximum atomic E-state index is 13.3. The quantitative estimate of drug-likeness (QED) is 0.0146. The first kappa shape index (κ1) is 120. The molecule has 0 spiro atoms. The minimum Gasteiger partial charge on any atom is -0.479 e. The molecule has 6 heterocycles. The third-order valence-electron chi connectivity index (χ3n) is 27.7. The second-order valence-electron chi connectivity index (χ2n) is 38.8. The van der Waals surface area contributed by atoms with E-state index in [4.69, 9.17) is 136 Å². The first-order valence-electron chi connectivity index (χ1n) is 48.2. The van der Waals surface area contributed by atoms with E-state index in [0.29, 0.717) is 154 Å². The minimum absolute atomic E-state index is 0.106. The number of Topliss-reactive ketones (excluding diaryl/α,β-unsaturated/α-hetero) is 1. The summed E-state index contributed by atoms with van der Waals surface area (Å²) in [6, 6.07) is 35.0. The van der Waals surface area contributed by atoms with Crippen LogP contribution in [0.25, 0.3) is 33.4 Å². The van der Waals surface area contributed by atoms with Gasteiger partial charge in [-0.1, -0.05) is 160 Å². The van der Waals surface area contributed by atoms with Crippen LogP contribution in [-0.2, 0) is 77.8 Å². The molecule has 0 saturated heterocycles. The molecule has 10 aromatic rings. The van der Waals surface area contributed by atoms with Crippen LogP contribution in [0, 0.1) is 106 Å². The number of aryl methyl sites for hydroxylation is 6. The van der Waals surface area contributed by atoms with Crippen LogP contribution in [0.15, 0.2) is 103 Å². The number of methoxy groups -OCH3 is 4. The fourth-order valence-electron chi connectivity index (χ4n) is 18.2. The molecular formula is C112H122Cl8N8O21. The van der Waals surface area contributed by atoms with Gasteiger partial charge in [-0.3, -0.25) is 4.79 Å². The zero-order valence-corrected chi connectivity index (χ0v) is 93.0. The van der Waals surface area contributed by atoms with Crippen LogP contribution in [0.1, 0.15) is 306 Å². The zero-order chi connectivity index (χ0) is 110. The Labute approximate surface area is 907 Å². The Hall–Kier alpha value is -11.2. The summed E-state index contributed by atoms with van der Waals surface area (Å²) >= 11 is 48.8. The molecule has 5 aliphatic rings. The van der Waals surface area contributed by atoms with E-state index in [1.54, 1.807) is 118 Å². The third-order valence-corrected chi connectivity index (χ3v) is 30.7. The van der Waals surface area contributed by atoms with Crippen molar-refractivity contribution in [2.45, 2.75) is 285 Å². The van der Waals surface area contributed by atoms with Crippen molar-refractivity contribution in [3.63, 3.8) is 0 Å². The van der Waals surface area contributed by atoms with Gasteiger partial charge in [0.25, 0.3) is 0 Å². The molecule has 6 atom stereocenters. The van der Waals surface area contributed by atoms with Crippen LogP contribution in [0.3, 0.4) is 0 Å². The smallest absolute Gasteiger partial charge is 0.354 e. The van der Waals surface area contributed by atoms with Crippen LogP contribution in [0.2, 0.25) is 40.4 Å². The van der Waals surface area contributed by atoms with Gasteiger partial charge in [-0.25, -0.2) is 63.5 Å². The van der Waals surface area contributed by atoms with Gasteiger partial charge in [0, 0.05) is 106 Å². The molecule has 0 unspecified atom stereocenters. The normalized spacial score (nSPS) is 16.0. The van der Waals surface area contributed by atoms with Gasteiger partial charge in [0.1, 0.15) is 39.5 Å². The summed E-state index contributed by atoms with van der Waals surface area (Å²) in [7, 11) is 5.18. The lowest BCUT2D eigenvalue weighted by Crippen LogP contribution is -2.40. The van der Waals surface area contributed by atoms with E-state index in [-0.39, 0.29) is 56.1 Å². The van der Waals surface area contributed by atoms with E-state index in [9.17, 15) is 64.0 Å². The summed E-state index contributed by atoms with van der Waals surface area (Å²) in [6.07, 6.45) is 7.40. The highest BCUT2D eigenvalue weighted by molar-refractivity contribution is 6.37. The summed E-state index contributed by atoms with van der Waals surface area (Å²) in [6.45, 7) is 30.5. The van der Waals surface area contributed by atoms with E-state index in [1.165, 1.54) is 28.4 Å². The van der Waals surface area contributed by atoms with Gasteiger partial charge in [-0.15, -0.1) is 0 Å². The Morgan fingerprint density at radius 3 is 0.919 bits per heavy atom. The summed E-state index contributed by atoms with van der Waals surface area (Å²) in [5.74, 6) is -5.73. The molecule has 792 valence electrons. The fraction of sp³-hybridized carbons (Fsp3) is 0.429. The Morgan fingerprint density at radius 2 is 0.604 bits per heavy atom. The number of carboxylic acid groups (broad SMARTS) is 3. The number of halogens is 8. The first-order chi connectivity index (χ1) is 70.1. The Bertz CT molecular complexity index is 6780. The number of nitriles is 2. The SMILES string of the molecule is COC(=O)[C@@H](O)c1c(C)nc(Cl)c(C)c1Cl.COC(=O)[C@@H](OC1(C)CCC1)c1c(C)nc(C#N)c(C)c1-c1ccc(Cl)cc1.COC(=O)[C@@H](OC1(C)CCC1)c1c(C)nc(C#N)c(C)c1Cl.COC(=O)[C@@H](OC1(C)CCC1)c1c(C)nc(Cl)c(C)c1Cl.Cc1nc(C(=O)Cc2ccccc2)c(C)c(-c2ccc(Cl)cc2)c1[C@H](OC1(C)CCC1)C(=O)O.Cc1nc(C(=O)O)c(C)c(-c2ccc(Cl)cc2)c1[C@H](OC1(C)CCC1)C(=O)O. The summed E-state index contributed by atoms with van der Waals surface area (Å²) in [4.78, 5) is 124. The largest absolute Gasteiger partial charge is 0.479 e. The monoisotopic (exact) mass is 2190 g/mol. The number of nitrogens with zero attached hydrogens (tertiary/aromatic N) is 8. The molecule has 0 amide bonds. The molecule has 0 aliphatic heterocycles. The molecule has 0 bridgehead atoms. The van der Waals surface area contributed by atoms with Gasteiger partial charge >= 0.3 is 41.8 Å². The predicted octanol–water partition coefficient (Wildman–Crippen LogP) is 26.2. The summed E-state index contributed by atoms with van der Waals surface area (Å²) < 4.78 is 49.8. The number of aliphatic hydroxyl groups excluding tert-OH is 1. The van der Waals surface area contributed by atoms with Crippen LogP contribution in [0.4, 0.5) is 0 Å². The van der Waals surface area contributed by atoms with E-state index < -0.39 is 89.6 Å². The molecule has 5 aliphatic carbocycles. The van der Waals surface area contributed by atoms with E-state index in [2.05, 4.69) is 40.7 Å². The number of carboxylic acids is 3. The average molecular weight is 2200 g/mol. The number of carbonyl (C=O) groups excluding carboxylic acids is 5. The number of rotatable bonds is 29. The number of hydrogen-bond donors (Lipinski definition) is 4. The number of esters is 4. The number of aromatic nitrogens is 6. The van der Waals surface area contributed by atoms with Crippen molar-refractivity contribution in [3.8, 4) is 45.5 Å². The summed E-state index contributed by atoms with van der Waals surface area (Å²) in [5.41, 5.74) is 12.9.